The highest BCUT2D eigenvalue weighted by atomic mass is 16.4. The number of likely N-dealkylation sites (N-methyl/N-ethyl adjacent to an activating group) is 1. The summed E-state index contributed by atoms with van der Waals surface area (Å²) in [6, 6.07) is 8.39. The standard InChI is InChI=1S/C21H21N7O4/c1-26-10-13(11-26)24-20(30)16-8-14(25-18-5-6-23-28(16)18)19(29)22-9-12-3-4-17-15(7-12)27(2)21(31)32-17/h3-8,13H,9-11H2,1-2H3,(H,22,29)(H,24,30). The lowest BCUT2D eigenvalue weighted by Gasteiger charge is -2.36. The molecule has 3 aromatic heterocycles. The molecule has 0 aliphatic carbocycles. The molecule has 0 atom stereocenters. The van der Waals surface area contributed by atoms with Crippen molar-refractivity contribution in [1.82, 2.24) is 34.7 Å². The Bertz CT molecular complexity index is 1410. The second-order valence-electron chi connectivity index (χ2n) is 7.93. The zero-order valence-corrected chi connectivity index (χ0v) is 17.5. The molecule has 1 aromatic carbocycles. The van der Waals surface area contributed by atoms with Crippen LogP contribution in [0.2, 0.25) is 0 Å². The highest BCUT2D eigenvalue weighted by Gasteiger charge is 2.26. The molecule has 0 saturated carbocycles. The van der Waals surface area contributed by atoms with Crippen LogP contribution in [0.15, 0.2) is 45.7 Å². The number of hydrogen-bond acceptors (Lipinski definition) is 7. The first kappa shape index (κ1) is 19.9. The van der Waals surface area contributed by atoms with E-state index in [0.717, 1.165) is 18.7 Å². The summed E-state index contributed by atoms with van der Waals surface area (Å²) in [4.78, 5) is 43.7. The molecular formula is C21H21N7O4. The fourth-order valence-corrected chi connectivity index (χ4v) is 3.80. The van der Waals surface area contributed by atoms with Gasteiger partial charge in [-0.05, 0) is 24.7 Å². The van der Waals surface area contributed by atoms with Crippen molar-refractivity contribution in [2.24, 2.45) is 7.05 Å². The Balaban J connectivity index is 1.36. The van der Waals surface area contributed by atoms with Gasteiger partial charge in [-0.2, -0.15) is 5.10 Å². The highest BCUT2D eigenvalue weighted by molar-refractivity contribution is 5.98. The van der Waals surface area contributed by atoms with Crippen LogP contribution in [0.3, 0.4) is 0 Å². The topological polar surface area (TPSA) is 127 Å². The Hall–Kier alpha value is -3.99. The molecule has 0 spiro atoms. The first-order valence-electron chi connectivity index (χ1n) is 10.1. The molecule has 11 nitrogen and oxygen atoms in total. The molecule has 5 rings (SSSR count). The second-order valence-corrected chi connectivity index (χ2v) is 7.93. The van der Waals surface area contributed by atoms with E-state index < -0.39 is 11.7 Å². The van der Waals surface area contributed by atoms with Gasteiger partial charge in [0.15, 0.2) is 11.2 Å². The number of carbonyl (C=O) groups excluding carboxylic acids is 2. The first-order chi connectivity index (χ1) is 15.4. The lowest BCUT2D eigenvalue weighted by atomic mass is 10.1. The van der Waals surface area contributed by atoms with E-state index >= 15 is 0 Å². The minimum absolute atomic E-state index is 0.0670. The molecule has 164 valence electrons. The molecule has 32 heavy (non-hydrogen) atoms. The zero-order valence-electron chi connectivity index (χ0n) is 17.5. The van der Waals surface area contributed by atoms with Crippen LogP contribution in [0.25, 0.3) is 16.7 Å². The zero-order chi connectivity index (χ0) is 22.4. The fraction of sp³-hybridized carbons (Fsp3) is 0.286. The van der Waals surface area contributed by atoms with Crippen LogP contribution in [0.1, 0.15) is 26.5 Å². The van der Waals surface area contributed by atoms with Crippen molar-refractivity contribution in [3.63, 3.8) is 0 Å². The van der Waals surface area contributed by atoms with E-state index in [9.17, 15) is 14.4 Å². The number of fused-ring (bicyclic) bond motifs is 2. The lowest BCUT2D eigenvalue weighted by Crippen LogP contribution is -2.57. The summed E-state index contributed by atoms with van der Waals surface area (Å²) in [5.41, 5.74) is 2.68. The van der Waals surface area contributed by atoms with Crippen molar-refractivity contribution in [3.8, 4) is 0 Å². The fourth-order valence-electron chi connectivity index (χ4n) is 3.80. The Morgan fingerprint density at radius 1 is 1.16 bits per heavy atom. The molecule has 4 heterocycles. The molecule has 1 aliphatic heterocycles. The van der Waals surface area contributed by atoms with Crippen molar-refractivity contribution in [2.45, 2.75) is 12.6 Å². The van der Waals surface area contributed by atoms with E-state index in [2.05, 4.69) is 25.6 Å². The Morgan fingerprint density at radius 2 is 1.97 bits per heavy atom. The summed E-state index contributed by atoms with van der Waals surface area (Å²) >= 11 is 0. The molecule has 2 N–H and O–H groups in total. The number of rotatable bonds is 5. The van der Waals surface area contributed by atoms with Gasteiger partial charge >= 0.3 is 5.76 Å². The predicted molar refractivity (Wildman–Crippen MR) is 114 cm³/mol. The number of amides is 2. The van der Waals surface area contributed by atoms with Crippen LogP contribution in [0, 0.1) is 0 Å². The van der Waals surface area contributed by atoms with Crippen molar-refractivity contribution >= 4 is 28.6 Å². The van der Waals surface area contributed by atoms with Gasteiger partial charge in [0.05, 0.1) is 17.8 Å². The summed E-state index contributed by atoms with van der Waals surface area (Å²) in [6.45, 7) is 1.77. The summed E-state index contributed by atoms with van der Waals surface area (Å²) in [5.74, 6) is -1.18. The Morgan fingerprint density at radius 3 is 2.75 bits per heavy atom. The van der Waals surface area contributed by atoms with Gasteiger partial charge in [-0.15, -0.1) is 0 Å². The predicted octanol–water partition coefficient (Wildman–Crippen LogP) is 0.148. The lowest BCUT2D eigenvalue weighted by molar-refractivity contribution is 0.0850. The number of carbonyl (C=O) groups is 2. The number of aryl methyl sites for hydroxylation is 1. The first-order valence-corrected chi connectivity index (χ1v) is 10.1. The molecular weight excluding hydrogens is 414 g/mol. The third kappa shape index (κ3) is 3.52. The molecule has 1 saturated heterocycles. The summed E-state index contributed by atoms with van der Waals surface area (Å²) in [6.07, 6.45) is 1.53. The minimum Gasteiger partial charge on any atom is -0.408 e. The Labute approximate surface area is 181 Å². The van der Waals surface area contributed by atoms with Gasteiger partial charge in [0.25, 0.3) is 11.8 Å². The number of aromatic nitrogens is 4. The van der Waals surface area contributed by atoms with E-state index in [1.807, 2.05) is 7.05 Å². The third-order valence-corrected chi connectivity index (χ3v) is 5.53. The largest absolute Gasteiger partial charge is 0.419 e. The quantitative estimate of drug-likeness (QED) is 0.457. The normalized spacial score (nSPS) is 14.6. The van der Waals surface area contributed by atoms with E-state index in [4.69, 9.17) is 4.42 Å². The van der Waals surface area contributed by atoms with Crippen molar-refractivity contribution in [3.05, 3.63) is 64.0 Å². The SMILES string of the molecule is CN1CC(NC(=O)c2cc(C(=O)NCc3ccc4oc(=O)n(C)c4c3)nc3ccnn23)C1. The summed E-state index contributed by atoms with van der Waals surface area (Å²) in [5, 5.41) is 9.92. The van der Waals surface area contributed by atoms with Gasteiger partial charge in [-0.25, -0.2) is 14.3 Å². The van der Waals surface area contributed by atoms with E-state index in [1.54, 1.807) is 31.3 Å². The molecule has 4 aromatic rings. The number of nitrogens with zero attached hydrogens (tertiary/aromatic N) is 5. The monoisotopic (exact) mass is 435 g/mol. The van der Waals surface area contributed by atoms with E-state index in [0.29, 0.717) is 16.7 Å². The maximum Gasteiger partial charge on any atom is 0.419 e. The van der Waals surface area contributed by atoms with Gasteiger partial charge in [0, 0.05) is 38.8 Å². The third-order valence-electron chi connectivity index (χ3n) is 5.53. The minimum atomic E-state index is -0.446. The summed E-state index contributed by atoms with van der Waals surface area (Å²) < 4.78 is 7.95. The van der Waals surface area contributed by atoms with Crippen LogP contribution < -0.4 is 16.4 Å². The van der Waals surface area contributed by atoms with Crippen LogP contribution >= 0.6 is 0 Å². The van der Waals surface area contributed by atoms with E-state index in [-0.39, 0.29) is 29.9 Å². The van der Waals surface area contributed by atoms with Crippen LogP contribution in [0.5, 0.6) is 0 Å². The maximum absolute atomic E-state index is 12.8. The number of oxazole rings is 1. The van der Waals surface area contributed by atoms with Crippen LogP contribution in [0.4, 0.5) is 0 Å². The van der Waals surface area contributed by atoms with Crippen molar-refractivity contribution in [1.29, 1.82) is 0 Å². The smallest absolute Gasteiger partial charge is 0.408 e. The molecule has 1 aliphatic rings. The van der Waals surface area contributed by atoms with Gasteiger partial charge in [0.2, 0.25) is 0 Å². The highest BCUT2D eigenvalue weighted by Crippen LogP contribution is 2.15. The maximum atomic E-state index is 12.8. The number of hydrogen-bond donors (Lipinski definition) is 2. The molecule has 1 fully saturated rings. The average molecular weight is 435 g/mol. The van der Waals surface area contributed by atoms with Gasteiger partial charge in [0.1, 0.15) is 11.4 Å². The number of likely N-dealkylation sites (tertiary alicyclic amines) is 1. The summed E-state index contributed by atoms with van der Waals surface area (Å²) in [7, 11) is 3.60. The number of nitrogens with one attached hydrogen (secondary N) is 2. The molecule has 2 amide bonds. The molecule has 0 radical (unpaired) electrons. The van der Waals surface area contributed by atoms with E-state index in [1.165, 1.54) is 21.3 Å². The second kappa shape index (κ2) is 7.61. The average Bonchev–Trinajstić information content (AvgIpc) is 3.34. The van der Waals surface area contributed by atoms with Crippen molar-refractivity contribution < 1.29 is 14.0 Å². The van der Waals surface area contributed by atoms with Gasteiger partial charge < -0.3 is 20.0 Å². The van der Waals surface area contributed by atoms with Gasteiger partial charge in [-0.1, -0.05) is 6.07 Å². The van der Waals surface area contributed by atoms with Crippen LogP contribution in [-0.2, 0) is 13.6 Å². The molecule has 0 bridgehead atoms. The van der Waals surface area contributed by atoms with Crippen LogP contribution in [-0.4, -0.2) is 62.1 Å². The number of benzene rings is 1. The Kier molecular flexibility index (Phi) is 4.74. The van der Waals surface area contributed by atoms with Gasteiger partial charge in [-0.3, -0.25) is 14.2 Å². The molecule has 11 heteroatoms. The molecule has 0 unspecified atom stereocenters. The van der Waals surface area contributed by atoms with Crippen molar-refractivity contribution in [2.75, 3.05) is 20.1 Å².